The number of nitrogens with zero attached hydrogens (tertiary/aromatic N) is 2. The first-order chi connectivity index (χ1) is 12.3. The molecule has 1 aromatic heterocycles. The Balaban J connectivity index is 2.37. The molecule has 26 heavy (non-hydrogen) atoms. The second-order valence-electron chi connectivity index (χ2n) is 7.06. The number of aromatic nitrogens is 1. The summed E-state index contributed by atoms with van der Waals surface area (Å²) in [6.07, 6.45) is 2.63. The third-order valence-electron chi connectivity index (χ3n) is 5.17. The van der Waals surface area contributed by atoms with Crippen LogP contribution in [0, 0.1) is 19.8 Å². The average molecular weight is 362 g/mol. The number of carbonyl (C=O) groups excluding carboxylic acids is 3. The minimum atomic E-state index is -0.544. The normalized spacial score (nSPS) is 14.8. The van der Waals surface area contributed by atoms with Gasteiger partial charge in [-0.3, -0.25) is 9.59 Å². The zero-order valence-corrected chi connectivity index (χ0v) is 16.7. The molecule has 6 heteroatoms. The summed E-state index contributed by atoms with van der Waals surface area (Å²) in [5.74, 6) is -0.398. The van der Waals surface area contributed by atoms with Gasteiger partial charge in [-0.1, -0.05) is 6.92 Å². The van der Waals surface area contributed by atoms with Gasteiger partial charge in [0.2, 0.25) is 5.91 Å². The number of Topliss-reactive ketones (excluding diaryl/α,β-unsaturated/α-hetero) is 1. The van der Waals surface area contributed by atoms with Gasteiger partial charge in [0.15, 0.2) is 5.78 Å². The van der Waals surface area contributed by atoms with Gasteiger partial charge < -0.3 is 14.2 Å². The van der Waals surface area contributed by atoms with Gasteiger partial charge in [0, 0.05) is 30.8 Å². The predicted molar refractivity (Wildman–Crippen MR) is 99.4 cm³/mol. The largest absolute Gasteiger partial charge is 0.461 e. The minimum Gasteiger partial charge on any atom is -0.461 e. The molecule has 0 saturated heterocycles. The summed E-state index contributed by atoms with van der Waals surface area (Å²) in [4.78, 5) is 39.8. The van der Waals surface area contributed by atoms with Crippen LogP contribution in [0.2, 0.25) is 0 Å². The first kappa shape index (κ1) is 20.2. The molecule has 1 unspecified atom stereocenters. The first-order valence-electron chi connectivity index (χ1n) is 9.43. The molecule has 1 atom stereocenters. The van der Waals surface area contributed by atoms with E-state index < -0.39 is 12.0 Å². The van der Waals surface area contributed by atoms with Gasteiger partial charge in [-0.05, 0) is 52.5 Å². The summed E-state index contributed by atoms with van der Waals surface area (Å²) in [6, 6.07) is -0.544. The molecule has 1 aromatic rings. The van der Waals surface area contributed by atoms with Gasteiger partial charge in [-0.2, -0.15) is 0 Å². The Bertz CT molecular complexity index is 716. The number of esters is 1. The summed E-state index contributed by atoms with van der Waals surface area (Å²) in [5.41, 5.74) is 2.26. The molecule has 6 nitrogen and oxygen atoms in total. The molecule has 1 aliphatic rings. The lowest BCUT2D eigenvalue weighted by Gasteiger charge is -2.28. The van der Waals surface area contributed by atoms with E-state index in [0.717, 1.165) is 25.0 Å². The van der Waals surface area contributed by atoms with E-state index in [0.29, 0.717) is 23.4 Å². The zero-order chi connectivity index (χ0) is 19.6. The van der Waals surface area contributed by atoms with Crippen LogP contribution in [0.5, 0.6) is 0 Å². The third-order valence-corrected chi connectivity index (χ3v) is 5.17. The molecule has 0 spiro atoms. The number of carbonyl (C=O) groups is 3. The minimum absolute atomic E-state index is 0.0737. The Labute approximate surface area is 155 Å². The number of amides is 1. The fourth-order valence-electron chi connectivity index (χ4n) is 3.48. The molecule has 0 radical (unpaired) electrons. The summed E-state index contributed by atoms with van der Waals surface area (Å²) >= 11 is 0. The fourth-order valence-corrected chi connectivity index (χ4v) is 3.48. The molecule has 144 valence electrons. The van der Waals surface area contributed by atoms with Crippen molar-refractivity contribution in [1.82, 2.24) is 9.47 Å². The molecule has 1 saturated carbocycles. The first-order valence-corrected chi connectivity index (χ1v) is 9.43. The summed E-state index contributed by atoms with van der Waals surface area (Å²) in [7, 11) is 1.76. The molecular weight excluding hydrogens is 332 g/mol. The number of hydrogen-bond donors (Lipinski definition) is 0. The van der Waals surface area contributed by atoms with Crippen LogP contribution in [-0.2, 0) is 16.6 Å². The van der Waals surface area contributed by atoms with Crippen molar-refractivity contribution in [2.45, 2.75) is 59.9 Å². The number of ketones is 1. The highest BCUT2D eigenvalue weighted by Crippen LogP contribution is 2.32. The molecular formula is C20H30N2O4. The molecule has 1 heterocycles. The van der Waals surface area contributed by atoms with Crippen LogP contribution in [0.1, 0.15) is 72.1 Å². The van der Waals surface area contributed by atoms with E-state index in [9.17, 15) is 14.4 Å². The average Bonchev–Trinajstić information content (AvgIpc) is 3.40. The van der Waals surface area contributed by atoms with Crippen LogP contribution < -0.4 is 0 Å². The lowest BCUT2D eigenvalue weighted by Crippen LogP contribution is -2.44. The SMILES string of the molecule is CCCN(C(=O)C1CC1)C(C)C(=O)c1c(C)c(C(=O)OCC)n(C)c1C. The molecule has 2 rings (SSSR count). The molecule has 0 bridgehead atoms. The van der Waals surface area contributed by atoms with E-state index in [1.54, 1.807) is 37.3 Å². The van der Waals surface area contributed by atoms with E-state index in [1.807, 2.05) is 13.8 Å². The Morgan fingerprint density at radius 1 is 1.23 bits per heavy atom. The maximum atomic E-state index is 13.2. The van der Waals surface area contributed by atoms with Crippen LogP contribution in [0.15, 0.2) is 0 Å². The molecule has 0 aliphatic heterocycles. The lowest BCUT2D eigenvalue weighted by molar-refractivity contribution is -0.133. The zero-order valence-electron chi connectivity index (χ0n) is 16.7. The summed E-state index contributed by atoms with van der Waals surface area (Å²) < 4.78 is 6.84. The topological polar surface area (TPSA) is 68.6 Å². The van der Waals surface area contributed by atoms with Gasteiger partial charge in [0.05, 0.1) is 12.6 Å². The second-order valence-corrected chi connectivity index (χ2v) is 7.06. The Morgan fingerprint density at radius 3 is 2.35 bits per heavy atom. The van der Waals surface area contributed by atoms with Gasteiger partial charge in [0.25, 0.3) is 0 Å². The van der Waals surface area contributed by atoms with Gasteiger partial charge >= 0.3 is 5.97 Å². The predicted octanol–water partition coefficient (Wildman–Crippen LogP) is 3.04. The van der Waals surface area contributed by atoms with Crippen LogP contribution >= 0.6 is 0 Å². The van der Waals surface area contributed by atoms with Gasteiger partial charge in [0.1, 0.15) is 5.69 Å². The summed E-state index contributed by atoms with van der Waals surface area (Å²) in [6.45, 7) is 9.98. The quantitative estimate of drug-likeness (QED) is 0.526. The smallest absolute Gasteiger partial charge is 0.355 e. The Hall–Kier alpha value is -2.11. The standard InChI is InChI=1S/C20H30N2O4/c1-7-11-22(19(24)15-9-10-15)14(5)18(23)16-12(3)17(20(25)26-8-2)21(6)13(16)4/h14-15H,7-11H2,1-6H3. The van der Waals surface area contributed by atoms with Crippen molar-refractivity contribution in [3.8, 4) is 0 Å². The van der Waals surface area contributed by atoms with E-state index in [-0.39, 0.29) is 24.2 Å². The highest BCUT2D eigenvalue weighted by atomic mass is 16.5. The van der Waals surface area contributed by atoms with Crippen molar-refractivity contribution in [3.05, 3.63) is 22.5 Å². The molecule has 0 aromatic carbocycles. The van der Waals surface area contributed by atoms with Crippen LogP contribution in [0.25, 0.3) is 0 Å². The van der Waals surface area contributed by atoms with Crippen molar-refractivity contribution in [2.24, 2.45) is 13.0 Å². The third kappa shape index (κ3) is 3.69. The van der Waals surface area contributed by atoms with E-state index in [1.165, 1.54) is 0 Å². The van der Waals surface area contributed by atoms with Crippen molar-refractivity contribution in [1.29, 1.82) is 0 Å². The molecule has 0 N–H and O–H groups in total. The van der Waals surface area contributed by atoms with E-state index in [2.05, 4.69) is 0 Å². The number of hydrogen-bond acceptors (Lipinski definition) is 4. The highest BCUT2D eigenvalue weighted by molar-refractivity contribution is 6.06. The molecule has 1 fully saturated rings. The van der Waals surface area contributed by atoms with Crippen LogP contribution in [0.4, 0.5) is 0 Å². The Morgan fingerprint density at radius 2 is 1.85 bits per heavy atom. The molecule has 1 amide bonds. The van der Waals surface area contributed by atoms with Crippen molar-refractivity contribution in [3.63, 3.8) is 0 Å². The van der Waals surface area contributed by atoms with Gasteiger partial charge in [-0.15, -0.1) is 0 Å². The van der Waals surface area contributed by atoms with Gasteiger partial charge in [-0.25, -0.2) is 4.79 Å². The maximum absolute atomic E-state index is 13.2. The number of ether oxygens (including phenoxy) is 1. The molecule has 1 aliphatic carbocycles. The van der Waals surface area contributed by atoms with E-state index in [4.69, 9.17) is 4.74 Å². The van der Waals surface area contributed by atoms with Crippen LogP contribution in [0.3, 0.4) is 0 Å². The number of rotatable bonds is 8. The van der Waals surface area contributed by atoms with Crippen molar-refractivity contribution in [2.75, 3.05) is 13.2 Å². The fraction of sp³-hybridized carbons (Fsp3) is 0.650. The highest BCUT2D eigenvalue weighted by Gasteiger charge is 2.38. The van der Waals surface area contributed by atoms with Crippen molar-refractivity contribution >= 4 is 17.7 Å². The van der Waals surface area contributed by atoms with Crippen molar-refractivity contribution < 1.29 is 19.1 Å². The second kappa shape index (κ2) is 8.06. The monoisotopic (exact) mass is 362 g/mol. The van der Waals surface area contributed by atoms with E-state index >= 15 is 0 Å². The maximum Gasteiger partial charge on any atom is 0.355 e. The Kier molecular flexibility index (Phi) is 6.26. The van der Waals surface area contributed by atoms with Crippen LogP contribution in [-0.4, -0.2) is 46.3 Å². The summed E-state index contributed by atoms with van der Waals surface area (Å²) in [5, 5.41) is 0. The lowest BCUT2D eigenvalue weighted by atomic mass is 9.99.